The molecule has 0 bridgehead atoms. The molecule has 3 N–H and O–H groups in total. The number of nitrogens with zero attached hydrogens (tertiary/aromatic N) is 1. The van der Waals surface area contributed by atoms with Gasteiger partial charge in [0.05, 0.1) is 12.2 Å². The fraction of sp³-hybridized carbons (Fsp3) is 0.100. The van der Waals surface area contributed by atoms with Crippen molar-refractivity contribution in [1.82, 2.24) is 4.98 Å². The van der Waals surface area contributed by atoms with Crippen LogP contribution in [-0.4, -0.2) is 29.2 Å². The van der Waals surface area contributed by atoms with Crippen LogP contribution >= 0.6 is 0 Å². The van der Waals surface area contributed by atoms with E-state index in [4.69, 9.17) is 9.84 Å². The molecule has 0 atom stereocenters. The largest absolute Gasteiger partial charge is 0.491 e. The van der Waals surface area contributed by atoms with E-state index in [1.165, 1.54) is 12.1 Å². The maximum atomic E-state index is 13.4. The first-order valence-electron chi connectivity index (χ1n) is 8.28. The van der Waals surface area contributed by atoms with Gasteiger partial charge >= 0.3 is 0 Å². The van der Waals surface area contributed by atoms with Gasteiger partial charge in [0.25, 0.3) is 5.91 Å². The number of carbonyl (C=O) groups excluding carboxylic acids is 1. The Bertz CT molecular complexity index is 916. The smallest absolute Gasteiger partial charge is 0.259 e. The number of ether oxygens (including phenoxy) is 1. The van der Waals surface area contributed by atoms with Crippen LogP contribution < -0.4 is 15.4 Å². The van der Waals surface area contributed by atoms with E-state index >= 15 is 0 Å². The highest BCUT2D eigenvalue weighted by atomic mass is 19.1. The molecule has 0 fully saturated rings. The zero-order valence-corrected chi connectivity index (χ0v) is 14.4. The Morgan fingerprint density at radius 2 is 1.89 bits per heavy atom. The molecule has 138 valence electrons. The Labute approximate surface area is 155 Å². The lowest BCUT2D eigenvalue weighted by Gasteiger charge is -2.12. The Morgan fingerprint density at radius 3 is 2.63 bits per heavy atom. The first kappa shape index (κ1) is 18.3. The minimum atomic E-state index is -0.384. The average Bonchev–Trinajstić information content (AvgIpc) is 2.68. The van der Waals surface area contributed by atoms with E-state index in [1.807, 2.05) is 0 Å². The number of hydrogen-bond acceptors (Lipinski definition) is 5. The summed E-state index contributed by atoms with van der Waals surface area (Å²) in [5, 5.41) is 14.5. The second kappa shape index (κ2) is 8.77. The molecular weight excluding hydrogens is 349 g/mol. The molecule has 2 aromatic carbocycles. The van der Waals surface area contributed by atoms with Gasteiger partial charge in [0.15, 0.2) is 0 Å². The maximum absolute atomic E-state index is 13.4. The quantitative estimate of drug-likeness (QED) is 0.594. The van der Waals surface area contributed by atoms with Crippen LogP contribution in [0.1, 0.15) is 10.4 Å². The lowest BCUT2D eigenvalue weighted by atomic mass is 10.2. The number of nitrogens with one attached hydrogen (secondary N) is 2. The SMILES string of the molecule is O=C(Nc1ccc(OCCO)cc1)c1cccnc1Nc1cccc(F)c1. The highest BCUT2D eigenvalue weighted by Gasteiger charge is 2.13. The molecule has 0 saturated heterocycles. The molecule has 3 rings (SSSR count). The van der Waals surface area contributed by atoms with Crippen molar-refractivity contribution in [3.63, 3.8) is 0 Å². The van der Waals surface area contributed by atoms with Crippen LogP contribution in [0.5, 0.6) is 5.75 Å². The zero-order chi connectivity index (χ0) is 19.1. The number of hydrogen-bond donors (Lipinski definition) is 3. The van der Waals surface area contributed by atoms with Gasteiger partial charge < -0.3 is 20.5 Å². The Morgan fingerprint density at radius 1 is 1.07 bits per heavy atom. The predicted octanol–water partition coefficient (Wildman–Crippen LogP) is 3.59. The van der Waals surface area contributed by atoms with Gasteiger partial charge in [0.2, 0.25) is 0 Å². The summed E-state index contributed by atoms with van der Waals surface area (Å²) in [5.41, 5.74) is 1.40. The molecule has 1 amide bonds. The van der Waals surface area contributed by atoms with Crippen molar-refractivity contribution in [2.75, 3.05) is 23.8 Å². The van der Waals surface area contributed by atoms with Crippen LogP contribution in [-0.2, 0) is 0 Å². The van der Waals surface area contributed by atoms with Crippen LogP contribution in [0.15, 0.2) is 66.9 Å². The molecule has 0 aliphatic rings. The molecule has 0 radical (unpaired) electrons. The lowest BCUT2D eigenvalue weighted by molar-refractivity contribution is 0.102. The number of benzene rings is 2. The third-order valence-electron chi connectivity index (χ3n) is 3.61. The second-order valence-electron chi connectivity index (χ2n) is 5.59. The number of halogens is 1. The second-order valence-corrected chi connectivity index (χ2v) is 5.59. The summed E-state index contributed by atoms with van der Waals surface area (Å²) in [4.78, 5) is 16.8. The molecular formula is C20H18FN3O3. The number of aliphatic hydroxyl groups excluding tert-OH is 1. The number of amides is 1. The first-order chi connectivity index (χ1) is 13.2. The third kappa shape index (κ3) is 5.02. The Hall–Kier alpha value is -3.45. The predicted molar refractivity (Wildman–Crippen MR) is 101 cm³/mol. The van der Waals surface area contributed by atoms with Crippen LogP contribution in [0.25, 0.3) is 0 Å². The van der Waals surface area contributed by atoms with Crippen molar-refractivity contribution in [3.8, 4) is 5.75 Å². The molecule has 1 heterocycles. The molecule has 0 aliphatic heterocycles. The van der Waals surface area contributed by atoms with E-state index < -0.39 is 0 Å². The molecule has 27 heavy (non-hydrogen) atoms. The van der Waals surface area contributed by atoms with Gasteiger partial charge in [-0.25, -0.2) is 9.37 Å². The van der Waals surface area contributed by atoms with Gasteiger partial charge in [-0.2, -0.15) is 0 Å². The number of pyridine rings is 1. The van der Waals surface area contributed by atoms with Gasteiger partial charge in [-0.1, -0.05) is 6.07 Å². The maximum Gasteiger partial charge on any atom is 0.259 e. The summed E-state index contributed by atoms with van der Waals surface area (Å²) in [5.74, 6) is 0.178. The lowest BCUT2D eigenvalue weighted by Crippen LogP contribution is -2.14. The fourth-order valence-corrected chi connectivity index (χ4v) is 2.39. The van der Waals surface area contributed by atoms with Crippen molar-refractivity contribution >= 4 is 23.1 Å². The van der Waals surface area contributed by atoms with E-state index in [0.29, 0.717) is 28.5 Å². The van der Waals surface area contributed by atoms with E-state index in [9.17, 15) is 9.18 Å². The molecule has 0 saturated carbocycles. The summed E-state index contributed by atoms with van der Waals surface area (Å²) in [6.45, 7) is 0.136. The number of aromatic nitrogens is 1. The Kier molecular flexibility index (Phi) is 5.96. The van der Waals surface area contributed by atoms with Crippen LogP contribution in [0, 0.1) is 5.82 Å². The van der Waals surface area contributed by atoms with Crippen LogP contribution in [0.2, 0.25) is 0 Å². The fourth-order valence-electron chi connectivity index (χ4n) is 2.39. The standard InChI is InChI=1S/C20H18FN3O3/c21-14-3-1-4-16(13-14)23-19-18(5-2-10-22-19)20(26)24-15-6-8-17(9-7-15)27-12-11-25/h1-10,13,25H,11-12H2,(H,22,23)(H,24,26). The summed E-state index contributed by atoms with van der Waals surface area (Å²) in [6, 6.07) is 16.0. The molecule has 3 aromatic rings. The Balaban J connectivity index is 1.73. The monoisotopic (exact) mass is 367 g/mol. The molecule has 7 heteroatoms. The van der Waals surface area contributed by atoms with Gasteiger partial charge in [-0.3, -0.25) is 4.79 Å². The summed E-state index contributed by atoms with van der Waals surface area (Å²) in [6.07, 6.45) is 1.55. The summed E-state index contributed by atoms with van der Waals surface area (Å²) in [7, 11) is 0. The highest BCUT2D eigenvalue weighted by Crippen LogP contribution is 2.21. The molecule has 0 spiro atoms. The average molecular weight is 367 g/mol. The first-order valence-corrected chi connectivity index (χ1v) is 8.28. The normalized spacial score (nSPS) is 10.3. The minimum absolute atomic E-state index is 0.0689. The minimum Gasteiger partial charge on any atom is -0.491 e. The molecule has 0 aliphatic carbocycles. The van der Waals surface area contributed by atoms with Crippen molar-refractivity contribution in [2.45, 2.75) is 0 Å². The molecule has 6 nitrogen and oxygen atoms in total. The van der Waals surface area contributed by atoms with Crippen LogP contribution in [0.4, 0.5) is 21.6 Å². The number of anilines is 3. The number of aliphatic hydroxyl groups is 1. The van der Waals surface area contributed by atoms with E-state index in [1.54, 1.807) is 54.7 Å². The van der Waals surface area contributed by atoms with E-state index in [-0.39, 0.29) is 24.9 Å². The molecule has 0 unspecified atom stereocenters. The molecule has 1 aromatic heterocycles. The number of rotatable bonds is 7. The van der Waals surface area contributed by atoms with Gasteiger partial charge in [0.1, 0.15) is 24.0 Å². The van der Waals surface area contributed by atoms with E-state index in [0.717, 1.165) is 0 Å². The summed E-state index contributed by atoms with van der Waals surface area (Å²) >= 11 is 0. The van der Waals surface area contributed by atoms with Crippen molar-refractivity contribution in [3.05, 3.63) is 78.2 Å². The van der Waals surface area contributed by atoms with E-state index in [2.05, 4.69) is 15.6 Å². The van der Waals surface area contributed by atoms with Crippen molar-refractivity contribution in [2.24, 2.45) is 0 Å². The van der Waals surface area contributed by atoms with Crippen LogP contribution in [0.3, 0.4) is 0 Å². The highest BCUT2D eigenvalue weighted by molar-refractivity contribution is 6.07. The van der Waals surface area contributed by atoms with Crippen molar-refractivity contribution in [1.29, 1.82) is 0 Å². The topological polar surface area (TPSA) is 83.5 Å². The van der Waals surface area contributed by atoms with Gasteiger partial charge in [-0.15, -0.1) is 0 Å². The van der Waals surface area contributed by atoms with Crippen molar-refractivity contribution < 1.29 is 19.0 Å². The zero-order valence-electron chi connectivity index (χ0n) is 14.4. The number of carbonyl (C=O) groups is 1. The summed E-state index contributed by atoms with van der Waals surface area (Å²) < 4.78 is 18.6. The van der Waals surface area contributed by atoms with Gasteiger partial charge in [-0.05, 0) is 54.6 Å². The third-order valence-corrected chi connectivity index (χ3v) is 3.61. The van der Waals surface area contributed by atoms with Gasteiger partial charge in [0, 0.05) is 17.6 Å².